The Morgan fingerprint density at radius 2 is 1.85 bits per heavy atom. The van der Waals surface area contributed by atoms with Gasteiger partial charge in [-0.1, -0.05) is 18.2 Å². The van der Waals surface area contributed by atoms with Crippen molar-refractivity contribution >= 4 is 27.3 Å². The van der Waals surface area contributed by atoms with Crippen molar-refractivity contribution in [2.45, 2.75) is 33.8 Å². The van der Waals surface area contributed by atoms with E-state index >= 15 is 0 Å². The minimum atomic E-state index is -3.65. The molecule has 0 saturated heterocycles. The van der Waals surface area contributed by atoms with Gasteiger partial charge in [-0.15, -0.1) is 0 Å². The van der Waals surface area contributed by atoms with Gasteiger partial charge in [-0.2, -0.15) is 0 Å². The van der Waals surface area contributed by atoms with E-state index in [2.05, 4.69) is 5.32 Å². The van der Waals surface area contributed by atoms with Gasteiger partial charge < -0.3 is 10.1 Å². The number of nitrogens with one attached hydrogen (secondary N) is 1. The molecule has 2 aromatic rings. The van der Waals surface area contributed by atoms with Crippen molar-refractivity contribution in [3.63, 3.8) is 0 Å². The van der Waals surface area contributed by atoms with Gasteiger partial charge in [0.2, 0.25) is 15.9 Å². The van der Waals surface area contributed by atoms with Gasteiger partial charge in [0, 0.05) is 11.8 Å². The highest BCUT2D eigenvalue weighted by molar-refractivity contribution is 7.92. The zero-order chi connectivity index (χ0) is 20.2. The van der Waals surface area contributed by atoms with E-state index < -0.39 is 15.9 Å². The first-order valence-corrected chi connectivity index (χ1v) is 10.5. The lowest BCUT2D eigenvalue weighted by Crippen LogP contribution is -2.37. The molecule has 0 aliphatic heterocycles. The second-order valence-electron chi connectivity index (χ2n) is 6.80. The molecule has 0 heterocycles. The lowest BCUT2D eigenvalue weighted by atomic mass is 10.1. The Morgan fingerprint density at radius 1 is 1.15 bits per heavy atom. The molecule has 2 aromatic carbocycles. The van der Waals surface area contributed by atoms with Crippen LogP contribution in [0.1, 0.15) is 25.0 Å². The molecule has 0 spiro atoms. The first kappa shape index (κ1) is 20.8. The maximum absolute atomic E-state index is 12.5. The number of rotatable bonds is 7. The minimum Gasteiger partial charge on any atom is -0.491 e. The van der Waals surface area contributed by atoms with Gasteiger partial charge >= 0.3 is 0 Å². The maximum Gasteiger partial charge on any atom is 0.245 e. The number of hydrogen-bond donors (Lipinski definition) is 1. The molecule has 2 rings (SSSR count). The van der Waals surface area contributed by atoms with Gasteiger partial charge in [0.05, 0.1) is 18.0 Å². The third kappa shape index (κ3) is 5.99. The fourth-order valence-corrected chi connectivity index (χ4v) is 3.42. The molecule has 146 valence electrons. The molecule has 6 nitrogen and oxygen atoms in total. The van der Waals surface area contributed by atoms with E-state index in [1.165, 1.54) is 0 Å². The van der Waals surface area contributed by atoms with Crippen LogP contribution in [0.3, 0.4) is 0 Å². The summed E-state index contributed by atoms with van der Waals surface area (Å²) in [5, 5.41) is 2.79. The Kier molecular flexibility index (Phi) is 6.49. The molecule has 27 heavy (non-hydrogen) atoms. The summed E-state index contributed by atoms with van der Waals surface area (Å²) in [6.45, 7) is 7.27. The van der Waals surface area contributed by atoms with E-state index in [0.717, 1.165) is 21.7 Å². The molecule has 7 heteroatoms. The monoisotopic (exact) mass is 390 g/mol. The second kappa shape index (κ2) is 8.43. The van der Waals surface area contributed by atoms with E-state index in [1.54, 1.807) is 24.3 Å². The Hall–Kier alpha value is -2.54. The van der Waals surface area contributed by atoms with Crippen LogP contribution < -0.4 is 14.4 Å². The first-order chi connectivity index (χ1) is 12.6. The van der Waals surface area contributed by atoms with Crippen LogP contribution in [0.15, 0.2) is 42.5 Å². The van der Waals surface area contributed by atoms with E-state index in [9.17, 15) is 13.2 Å². The van der Waals surface area contributed by atoms with Crippen molar-refractivity contribution in [2.75, 3.05) is 22.4 Å². The van der Waals surface area contributed by atoms with Crippen molar-refractivity contribution in [3.8, 4) is 5.75 Å². The SMILES string of the molecule is Cc1ccc(C)c(NC(=O)CN(c2cccc(OC(C)C)c2)S(C)(=O)=O)c1. The molecule has 0 bridgehead atoms. The summed E-state index contributed by atoms with van der Waals surface area (Å²) in [5.41, 5.74) is 2.97. The van der Waals surface area contributed by atoms with E-state index in [-0.39, 0.29) is 12.6 Å². The number of aryl methyl sites for hydroxylation is 2. The highest BCUT2D eigenvalue weighted by Crippen LogP contribution is 2.24. The summed E-state index contributed by atoms with van der Waals surface area (Å²) >= 11 is 0. The maximum atomic E-state index is 12.5. The summed E-state index contributed by atoms with van der Waals surface area (Å²) in [7, 11) is -3.65. The standard InChI is InChI=1S/C20H26N2O4S/c1-14(2)26-18-8-6-7-17(12-18)22(27(5,24)25)13-20(23)21-19-11-15(3)9-10-16(19)4/h6-12,14H,13H2,1-5H3,(H,21,23). The molecule has 0 fully saturated rings. The van der Waals surface area contributed by atoms with Gasteiger partial charge in [-0.25, -0.2) is 8.42 Å². The minimum absolute atomic E-state index is 0.0421. The van der Waals surface area contributed by atoms with E-state index in [1.807, 2.05) is 45.9 Å². The summed E-state index contributed by atoms with van der Waals surface area (Å²) < 4.78 is 31.3. The van der Waals surface area contributed by atoms with Gasteiger partial charge in [0.15, 0.2) is 0 Å². The average Bonchev–Trinajstić information content (AvgIpc) is 2.54. The Labute approximate surface area is 161 Å². The van der Waals surface area contributed by atoms with Crippen LogP contribution in [0.2, 0.25) is 0 Å². The number of anilines is 2. The first-order valence-electron chi connectivity index (χ1n) is 8.68. The Balaban J connectivity index is 2.25. The van der Waals surface area contributed by atoms with Gasteiger partial charge in [0.25, 0.3) is 0 Å². The van der Waals surface area contributed by atoms with Crippen LogP contribution in [0.25, 0.3) is 0 Å². The third-order valence-corrected chi connectivity index (χ3v) is 4.97. The van der Waals surface area contributed by atoms with Crippen molar-refractivity contribution in [2.24, 2.45) is 0 Å². The van der Waals surface area contributed by atoms with Crippen LogP contribution in [0, 0.1) is 13.8 Å². The van der Waals surface area contributed by atoms with Crippen molar-refractivity contribution in [1.82, 2.24) is 0 Å². The Morgan fingerprint density at radius 3 is 2.48 bits per heavy atom. The summed E-state index contributed by atoms with van der Waals surface area (Å²) in [6, 6.07) is 12.4. The van der Waals surface area contributed by atoms with Gasteiger partial charge in [0.1, 0.15) is 12.3 Å². The highest BCUT2D eigenvalue weighted by atomic mass is 32.2. The number of carbonyl (C=O) groups is 1. The lowest BCUT2D eigenvalue weighted by Gasteiger charge is -2.23. The number of nitrogens with zero attached hydrogens (tertiary/aromatic N) is 1. The summed E-state index contributed by atoms with van der Waals surface area (Å²) in [5.74, 6) is 0.135. The number of sulfonamides is 1. The molecular formula is C20H26N2O4S. The molecule has 1 amide bonds. The van der Waals surface area contributed by atoms with Gasteiger partial charge in [-0.05, 0) is 57.0 Å². The molecule has 0 aliphatic carbocycles. The Bertz CT molecular complexity index is 923. The van der Waals surface area contributed by atoms with Crippen molar-refractivity contribution < 1.29 is 17.9 Å². The van der Waals surface area contributed by atoms with Crippen molar-refractivity contribution in [1.29, 1.82) is 0 Å². The number of amides is 1. The van der Waals surface area contributed by atoms with Crippen molar-refractivity contribution in [3.05, 3.63) is 53.6 Å². The number of ether oxygens (including phenoxy) is 1. The van der Waals surface area contributed by atoms with Crippen LogP contribution in [0.5, 0.6) is 5.75 Å². The predicted molar refractivity (Wildman–Crippen MR) is 109 cm³/mol. The third-order valence-electron chi connectivity index (χ3n) is 3.83. The average molecular weight is 391 g/mol. The fraction of sp³-hybridized carbons (Fsp3) is 0.350. The number of benzene rings is 2. The summed E-state index contributed by atoms with van der Waals surface area (Å²) in [4.78, 5) is 12.5. The fourth-order valence-electron chi connectivity index (χ4n) is 2.57. The number of carbonyl (C=O) groups excluding carboxylic acids is 1. The highest BCUT2D eigenvalue weighted by Gasteiger charge is 2.22. The van der Waals surface area contributed by atoms with Crippen LogP contribution in [-0.4, -0.2) is 33.2 Å². The van der Waals surface area contributed by atoms with E-state index in [0.29, 0.717) is 17.1 Å². The zero-order valence-corrected chi connectivity index (χ0v) is 17.1. The van der Waals surface area contributed by atoms with Crippen LogP contribution >= 0.6 is 0 Å². The predicted octanol–water partition coefficient (Wildman–Crippen LogP) is 3.50. The molecular weight excluding hydrogens is 364 g/mol. The smallest absolute Gasteiger partial charge is 0.245 e. The normalized spacial score (nSPS) is 11.3. The molecule has 0 unspecified atom stereocenters. The number of hydrogen-bond acceptors (Lipinski definition) is 4. The van der Waals surface area contributed by atoms with Crippen LogP contribution in [-0.2, 0) is 14.8 Å². The van der Waals surface area contributed by atoms with E-state index in [4.69, 9.17) is 4.74 Å². The molecule has 0 aromatic heterocycles. The molecule has 0 aliphatic rings. The van der Waals surface area contributed by atoms with Gasteiger partial charge in [-0.3, -0.25) is 9.10 Å². The molecule has 1 N–H and O–H groups in total. The quantitative estimate of drug-likeness (QED) is 0.785. The summed E-state index contributed by atoms with van der Waals surface area (Å²) in [6.07, 6.45) is 1.04. The largest absolute Gasteiger partial charge is 0.491 e. The second-order valence-corrected chi connectivity index (χ2v) is 8.71. The van der Waals surface area contributed by atoms with Crippen LogP contribution in [0.4, 0.5) is 11.4 Å². The molecule has 0 atom stereocenters. The molecule has 0 radical (unpaired) electrons. The zero-order valence-electron chi connectivity index (χ0n) is 16.3. The molecule has 0 saturated carbocycles. The topological polar surface area (TPSA) is 75.7 Å². The lowest BCUT2D eigenvalue weighted by molar-refractivity contribution is -0.114.